The van der Waals surface area contributed by atoms with Gasteiger partial charge in [-0.2, -0.15) is 0 Å². The molecular weight excluding hydrogens is 450 g/mol. The lowest BCUT2D eigenvalue weighted by atomic mass is 9.80. The van der Waals surface area contributed by atoms with E-state index in [2.05, 4.69) is 10.6 Å². The number of carbonyl (C=O) groups is 2. The lowest BCUT2D eigenvalue weighted by Gasteiger charge is -2.34. The van der Waals surface area contributed by atoms with Crippen LogP contribution in [0, 0.1) is 0 Å². The van der Waals surface area contributed by atoms with Crippen LogP contribution >= 0.6 is 11.6 Å². The maximum atomic E-state index is 13.7. The molecule has 7 heteroatoms. The van der Waals surface area contributed by atoms with Crippen LogP contribution in [0.3, 0.4) is 0 Å². The van der Waals surface area contributed by atoms with E-state index in [4.69, 9.17) is 16.0 Å². The maximum Gasteiger partial charge on any atom is 0.322 e. The van der Waals surface area contributed by atoms with Crippen LogP contribution in [0.25, 0.3) is 0 Å². The van der Waals surface area contributed by atoms with Crippen molar-refractivity contribution in [3.05, 3.63) is 94.5 Å². The molecule has 1 aliphatic carbocycles. The second-order valence-electron chi connectivity index (χ2n) is 8.63. The van der Waals surface area contributed by atoms with E-state index >= 15 is 0 Å². The van der Waals surface area contributed by atoms with Crippen LogP contribution in [0.1, 0.15) is 49.5 Å². The minimum Gasteiger partial charge on any atom is -0.469 e. The fourth-order valence-electron chi connectivity index (χ4n) is 4.82. The average Bonchev–Trinajstić information content (AvgIpc) is 3.33. The molecule has 2 aliphatic rings. The zero-order valence-corrected chi connectivity index (χ0v) is 19.6. The lowest BCUT2D eigenvalue weighted by molar-refractivity contribution is -0.116. The molecule has 0 saturated carbocycles. The Kier molecular flexibility index (Phi) is 6.16. The second kappa shape index (κ2) is 9.39. The first-order chi connectivity index (χ1) is 16.6. The van der Waals surface area contributed by atoms with E-state index in [9.17, 15) is 9.59 Å². The highest BCUT2D eigenvalue weighted by atomic mass is 35.5. The zero-order chi connectivity index (χ0) is 23.7. The van der Waals surface area contributed by atoms with Gasteiger partial charge in [0, 0.05) is 35.2 Å². The number of anilines is 2. The van der Waals surface area contributed by atoms with Crippen molar-refractivity contribution >= 4 is 34.8 Å². The summed E-state index contributed by atoms with van der Waals surface area (Å²) in [5, 5.41) is 7.11. The van der Waals surface area contributed by atoms with E-state index < -0.39 is 6.04 Å². The number of rotatable bonds is 4. The van der Waals surface area contributed by atoms with E-state index in [0.717, 1.165) is 29.1 Å². The summed E-state index contributed by atoms with van der Waals surface area (Å²) in [6, 6.07) is 17.9. The molecule has 174 valence electrons. The molecule has 2 aromatic carbocycles. The maximum absolute atomic E-state index is 13.7. The highest BCUT2D eigenvalue weighted by Gasteiger charge is 2.42. The number of urea groups is 1. The third-order valence-electron chi connectivity index (χ3n) is 6.36. The Hall–Kier alpha value is -3.51. The van der Waals surface area contributed by atoms with Crippen LogP contribution in [0.4, 0.5) is 16.2 Å². The van der Waals surface area contributed by atoms with E-state index in [1.54, 1.807) is 23.3 Å². The Bertz CT molecular complexity index is 1230. The Balaban J connectivity index is 1.69. The number of hydrogen-bond acceptors (Lipinski definition) is 4. The van der Waals surface area contributed by atoms with Crippen LogP contribution in [-0.2, 0) is 4.79 Å². The molecule has 0 unspecified atom stereocenters. The van der Waals surface area contributed by atoms with Crippen molar-refractivity contribution in [3.63, 3.8) is 0 Å². The predicted molar refractivity (Wildman–Crippen MR) is 133 cm³/mol. The molecule has 1 aliphatic heterocycles. The number of benzene rings is 2. The Labute approximate surface area is 203 Å². The number of ketones is 1. The number of furan rings is 1. The molecule has 3 aromatic rings. The molecule has 2 heterocycles. The van der Waals surface area contributed by atoms with Crippen LogP contribution in [-0.4, -0.2) is 18.4 Å². The van der Waals surface area contributed by atoms with Crippen molar-refractivity contribution in [1.29, 1.82) is 0 Å². The first kappa shape index (κ1) is 22.3. The Morgan fingerprint density at radius 2 is 1.91 bits per heavy atom. The number of nitrogens with zero attached hydrogens (tertiary/aromatic N) is 1. The summed E-state index contributed by atoms with van der Waals surface area (Å²) < 4.78 is 5.64. The van der Waals surface area contributed by atoms with Crippen molar-refractivity contribution < 1.29 is 14.0 Å². The van der Waals surface area contributed by atoms with Gasteiger partial charge in [-0.05, 0) is 54.8 Å². The van der Waals surface area contributed by atoms with Crippen molar-refractivity contribution in [2.75, 3.05) is 16.8 Å². The number of Topliss-reactive ketones (excluding diaryl/α,β-unsaturated/α-hetero) is 1. The van der Waals surface area contributed by atoms with Crippen LogP contribution in [0.2, 0.25) is 5.02 Å². The fourth-order valence-corrected chi connectivity index (χ4v) is 4.94. The van der Waals surface area contributed by atoms with Crippen molar-refractivity contribution in [1.82, 2.24) is 5.32 Å². The third kappa shape index (κ3) is 4.10. The normalized spacial score (nSPS) is 19.7. The summed E-state index contributed by atoms with van der Waals surface area (Å²) in [5.41, 5.74) is 3.74. The smallest absolute Gasteiger partial charge is 0.322 e. The van der Waals surface area contributed by atoms with Gasteiger partial charge < -0.3 is 15.1 Å². The Morgan fingerprint density at radius 1 is 1.12 bits per heavy atom. The van der Waals surface area contributed by atoms with Gasteiger partial charge in [-0.3, -0.25) is 9.69 Å². The molecule has 0 fully saturated rings. The highest BCUT2D eigenvalue weighted by molar-refractivity contribution is 6.30. The van der Waals surface area contributed by atoms with Gasteiger partial charge in [-0.15, -0.1) is 0 Å². The van der Waals surface area contributed by atoms with Crippen LogP contribution in [0.5, 0.6) is 0 Å². The second-order valence-corrected chi connectivity index (χ2v) is 9.07. The summed E-state index contributed by atoms with van der Waals surface area (Å²) in [6.45, 7) is 2.55. The SMILES string of the molecule is CCCNC(=O)N1c2ccccc2NC2=C(C(=O)C[C@H](c3ccco3)C2)[C@@H]1c1ccc(Cl)cc1. The topological polar surface area (TPSA) is 74.6 Å². The summed E-state index contributed by atoms with van der Waals surface area (Å²) >= 11 is 6.18. The monoisotopic (exact) mass is 475 g/mol. The number of allylic oxidation sites excluding steroid dienone is 1. The number of para-hydroxylation sites is 2. The average molecular weight is 476 g/mol. The molecule has 5 rings (SSSR count). The van der Waals surface area contributed by atoms with Gasteiger partial charge in [0.2, 0.25) is 0 Å². The quantitative estimate of drug-likeness (QED) is 0.456. The van der Waals surface area contributed by atoms with Crippen LogP contribution < -0.4 is 15.5 Å². The third-order valence-corrected chi connectivity index (χ3v) is 6.62. The molecule has 0 bridgehead atoms. The zero-order valence-electron chi connectivity index (χ0n) is 18.9. The van der Waals surface area contributed by atoms with Gasteiger partial charge in [0.1, 0.15) is 5.76 Å². The molecule has 34 heavy (non-hydrogen) atoms. The lowest BCUT2D eigenvalue weighted by Crippen LogP contribution is -2.44. The summed E-state index contributed by atoms with van der Waals surface area (Å²) in [5.74, 6) is 0.725. The molecule has 6 nitrogen and oxygen atoms in total. The van der Waals surface area contributed by atoms with Crippen molar-refractivity contribution in [3.8, 4) is 0 Å². The first-order valence-electron chi connectivity index (χ1n) is 11.5. The largest absolute Gasteiger partial charge is 0.469 e. The summed E-state index contributed by atoms with van der Waals surface area (Å²) in [6.07, 6.45) is 3.37. The van der Waals surface area contributed by atoms with Gasteiger partial charge in [0.15, 0.2) is 5.78 Å². The molecule has 2 atom stereocenters. The van der Waals surface area contributed by atoms with E-state index in [1.165, 1.54) is 0 Å². The molecule has 2 N–H and O–H groups in total. The number of hydrogen-bond donors (Lipinski definition) is 2. The molecule has 1 aromatic heterocycles. The van der Waals surface area contributed by atoms with E-state index in [0.29, 0.717) is 35.7 Å². The standard InChI is InChI=1S/C27H26ClN3O3/c1-2-13-29-27(33)31-22-7-4-3-6-20(22)30-21-15-18(24-8-5-14-34-24)16-23(32)25(21)26(31)17-9-11-19(28)12-10-17/h3-12,14,18,26,30H,2,13,15-16H2,1H3,(H,29,33)/t18-,26+/m1/s1. The van der Waals surface area contributed by atoms with Gasteiger partial charge in [0.05, 0.1) is 23.7 Å². The van der Waals surface area contributed by atoms with Gasteiger partial charge >= 0.3 is 6.03 Å². The number of nitrogens with one attached hydrogen (secondary N) is 2. The number of fused-ring (bicyclic) bond motifs is 1. The molecule has 2 amide bonds. The summed E-state index contributed by atoms with van der Waals surface area (Å²) in [7, 11) is 0. The van der Waals surface area contributed by atoms with E-state index in [1.807, 2.05) is 55.5 Å². The summed E-state index contributed by atoms with van der Waals surface area (Å²) in [4.78, 5) is 29.0. The number of carbonyl (C=O) groups excluding carboxylic acids is 2. The minimum atomic E-state index is -0.592. The highest BCUT2D eigenvalue weighted by Crippen LogP contribution is 2.47. The van der Waals surface area contributed by atoms with E-state index in [-0.39, 0.29) is 17.7 Å². The van der Waals surface area contributed by atoms with Gasteiger partial charge in [-0.1, -0.05) is 42.8 Å². The molecule has 0 spiro atoms. The predicted octanol–water partition coefficient (Wildman–Crippen LogP) is 6.43. The van der Waals surface area contributed by atoms with Gasteiger partial charge in [0.25, 0.3) is 0 Å². The number of amides is 2. The van der Waals surface area contributed by atoms with Crippen molar-refractivity contribution in [2.24, 2.45) is 0 Å². The van der Waals surface area contributed by atoms with Gasteiger partial charge in [-0.25, -0.2) is 4.79 Å². The van der Waals surface area contributed by atoms with Crippen LogP contribution in [0.15, 0.2) is 82.6 Å². The first-order valence-corrected chi connectivity index (χ1v) is 11.9. The molecule has 0 saturated heterocycles. The fraction of sp³-hybridized carbons (Fsp3) is 0.259. The number of halogens is 1. The minimum absolute atomic E-state index is 0.00352. The van der Waals surface area contributed by atoms with Crippen molar-refractivity contribution in [2.45, 2.75) is 38.1 Å². The molecule has 0 radical (unpaired) electrons. The molecular formula is C27H26ClN3O3. The Morgan fingerprint density at radius 3 is 2.65 bits per heavy atom.